The highest BCUT2D eigenvalue weighted by atomic mass is 16.3. The summed E-state index contributed by atoms with van der Waals surface area (Å²) in [4.78, 5) is 11.5. The zero-order chi connectivity index (χ0) is 12.0. The fraction of sp³-hybridized carbons (Fsp3) is 0.417. The predicted octanol–water partition coefficient (Wildman–Crippen LogP) is 0.679. The van der Waals surface area contributed by atoms with E-state index in [4.69, 9.17) is 5.11 Å². The number of carbonyl (C=O) groups excluding carboxylic acids is 1. The Morgan fingerprint density at radius 3 is 2.88 bits per heavy atom. The third-order valence-electron chi connectivity index (χ3n) is 2.23. The SMILES string of the molecule is CC(CO)CNC(=O)Cc1cccc(O)c1. The smallest absolute Gasteiger partial charge is 0.224 e. The number of phenolic OH excluding ortho intramolecular Hbond substituents is 1. The average molecular weight is 223 g/mol. The van der Waals surface area contributed by atoms with Gasteiger partial charge in [-0.25, -0.2) is 0 Å². The second kappa shape index (κ2) is 6.12. The van der Waals surface area contributed by atoms with Crippen molar-refractivity contribution in [3.05, 3.63) is 29.8 Å². The fourth-order valence-corrected chi connectivity index (χ4v) is 1.27. The molecular weight excluding hydrogens is 206 g/mol. The first-order valence-electron chi connectivity index (χ1n) is 5.27. The van der Waals surface area contributed by atoms with E-state index in [2.05, 4.69) is 5.32 Å². The Balaban J connectivity index is 2.40. The number of aliphatic hydroxyl groups is 1. The van der Waals surface area contributed by atoms with Gasteiger partial charge in [0, 0.05) is 13.2 Å². The van der Waals surface area contributed by atoms with E-state index in [1.165, 1.54) is 0 Å². The van der Waals surface area contributed by atoms with Gasteiger partial charge >= 0.3 is 0 Å². The van der Waals surface area contributed by atoms with E-state index in [0.717, 1.165) is 5.56 Å². The van der Waals surface area contributed by atoms with Crippen LogP contribution in [-0.4, -0.2) is 29.3 Å². The van der Waals surface area contributed by atoms with Crippen molar-refractivity contribution in [1.82, 2.24) is 5.32 Å². The molecule has 0 radical (unpaired) electrons. The number of nitrogens with one attached hydrogen (secondary N) is 1. The van der Waals surface area contributed by atoms with Crippen LogP contribution in [0.2, 0.25) is 0 Å². The number of benzene rings is 1. The van der Waals surface area contributed by atoms with Crippen LogP contribution in [0.4, 0.5) is 0 Å². The zero-order valence-electron chi connectivity index (χ0n) is 9.31. The van der Waals surface area contributed by atoms with E-state index in [1.54, 1.807) is 24.3 Å². The standard InChI is InChI=1S/C12H17NO3/c1-9(8-14)7-13-12(16)6-10-3-2-4-11(15)5-10/h2-5,9,14-15H,6-8H2,1H3,(H,13,16). The predicted molar refractivity (Wildman–Crippen MR) is 61.1 cm³/mol. The van der Waals surface area contributed by atoms with Crippen molar-refractivity contribution >= 4 is 5.91 Å². The van der Waals surface area contributed by atoms with E-state index in [1.807, 2.05) is 6.92 Å². The summed E-state index contributed by atoms with van der Waals surface area (Å²) in [5.41, 5.74) is 0.772. The third kappa shape index (κ3) is 4.31. The molecule has 0 fully saturated rings. The molecule has 0 bridgehead atoms. The Bertz CT molecular complexity index is 352. The van der Waals surface area contributed by atoms with Gasteiger partial charge in [-0.2, -0.15) is 0 Å². The summed E-state index contributed by atoms with van der Waals surface area (Å²) in [5.74, 6) is 0.119. The highest BCUT2D eigenvalue weighted by molar-refractivity contribution is 5.78. The molecule has 1 rings (SSSR count). The lowest BCUT2D eigenvalue weighted by molar-refractivity contribution is -0.120. The van der Waals surface area contributed by atoms with Crippen LogP contribution in [0, 0.1) is 5.92 Å². The van der Waals surface area contributed by atoms with Crippen molar-refractivity contribution in [1.29, 1.82) is 0 Å². The number of hydrogen-bond acceptors (Lipinski definition) is 3. The summed E-state index contributed by atoms with van der Waals surface area (Å²) >= 11 is 0. The molecule has 88 valence electrons. The van der Waals surface area contributed by atoms with Crippen LogP contribution in [-0.2, 0) is 11.2 Å². The Labute approximate surface area is 94.9 Å². The van der Waals surface area contributed by atoms with Gasteiger partial charge in [0.25, 0.3) is 0 Å². The van der Waals surface area contributed by atoms with Crippen LogP contribution in [0.15, 0.2) is 24.3 Å². The summed E-state index contributed by atoms with van der Waals surface area (Å²) in [5, 5.41) is 20.7. The fourth-order valence-electron chi connectivity index (χ4n) is 1.27. The Morgan fingerprint density at radius 1 is 1.50 bits per heavy atom. The number of aliphatic hydroxyl groups excluding tert-OH is 1. The first-order valence-corrected chi connectivity index (χ1v) is 5.27. The minimum atomic E-state index is -0.106. The van der Waals surface area contributed by atoms with Gasteiger partial charge < -0.3 is 15.5 Å². The summed E-state index contributed by atoms with van der Waals surface area (Å²) in [6.45, 7) is 2.38. The maximum Gasteiger partial charge on any atom is 0.224 e. The average Bonchev–Trinajstić information content (AvgIpc) is 2.26. The normalized spacial score (nSPS) is 12.1. The largest absolute Gasteiger partial charge is 0.508 e. The third-order valence-corrected chi connectivity index (χ3v) is 2.23. The number of rotatable bonds is 5. The molecule has 1 amide bonds. The van der Waals surface area contributed by atoms with Crippen molar-refractivity contribution in [2.24, 2.45) is 5.92 Å². The monoisotopic (exact) mass is 223 g/mol. The van der Waals surface area contributed by atoms with Crippen LogP contribution < -0.4 is 5.32 Å². The van der Waals surface area contributed by atoms with E-state index in [9.17, 15) is 9.90 Å². The number of amides is 1. The van der Waals surface area contributed by atoms with Gasteiger partial charge in [0.1, 0.15) is 5.75 Å². The summed E-state index contributed by atoms with van der Waals surface area (Å²) in [6.07, 6.45) is 0.243. The maximum atomic E-state index is 11.5. The molecule has 4 nitrogen and oxygen atoms in total. The quantitative estimate of drug-likeness (QED) is 0.687. The Morgan fingerprint density at radius 2 is 2.25 bits per heavy atom. The summed E-state index contributed by atoms with van der Waals surface area (Å²) in [6, 6.07) is 6.62. The Kier molecular flexibility index (Phi) is 4.79. The number of phenols is 1. The highest BCUT2D eigenvalue weighted by Crippen LogP contribution is 2.11. The molecule has 1 aromatic carbocycles. The zero-order valence-corrected chi connectivity index (χ0v) is 9.31. The molecule has 0 aliphatic carbocycles. The second-order valence-electron chi connectivity index (χ2n) is 3.94. The molecule has 0 aromatic heterocycles. The van der Waals surface area contributed by atoms with Crippen LogP contribution in [0.5, 0.6) is 5.75 Å². The molecule has 0 saturated heterocycles. The van der Waals surface area contributed by atoms with E-state index < -0.39 is 0 Å². The first kappa shape index (κ1) is 12.5. The molecular formula is C12H17NO3. The molecule has 1 atom stereocenters. The van der Waals surface area contributed by atoms with Crippen molar-refractivity contribution in [3.8, 4) is 5.75 Å². The van der Waals surface area contributed by atoms with E-state index >= 15 is 0 Å². The van der Waals surface area contributed by atoms with Crippen LogP contribution >= 0.6 is 0 Å². The van der Waals surface area contributed by atoms with Crippen LogP contribution in [0.1, 0.15) is 12.5 Å². The van der Waals surface area contributed by atoms with Crippen molar-refractivity contribution in [2.45, 2.75) is 13.3 Å². The van der Waals surface area contributed by atoms with Crippen LogP contribution in [0.3, 0.4) is 0 Å². The van der Waals surface area contributed by atoms with Crippen molar-refractivity contribution in [2.75, 3.05) is 13.2 Å². The lowest BCUT2D eigenvalue weighted by atomic mass is 10.1. The van der Waals surface area contributed by atoms with Gasteiger partial charge in [0.05, 0.1) is 6.42 Å². The number of carbonyl (C=O) groups is 1. The molecule has 0 aliphatic rings. The highest BCUT2D eigenvalue weighted by Gasteiger charge is 2.05. The van der Waals surface area contributed by atoms with Gasteiger partial charge in [0.15, 0.2) is 0 Å². The Hall–Kier alpha value is -1.55. The second-order valence-corrected chi connectivity index (χ2v) is 3.94. The number of hydrogen-bond donors (Lipinski definition) is 3. The van der Waals surface area contributed by atoms with Gasteiger partial charge in [-0.3, -0.25) is 4.79 Å². The van der Waals surface area contributed by atoms with Gasteiger partial charge in [0.2, 0.25) is 5.91 Å². The van der Waals surface area contributed by atoms with E-state index in [-0.39, 0.29) is 30.6 Å². The molecule has 1 aromatic rings. The number of aromatic hydroxyl groups is 1. The first-order chi connectivity index (χ1) is 7.61. The molecule has 0 spiro atoms. The van der Waals surface area contributed by atoms with E-state index in [0.29, 0.717) is 6.54 Å². The molecule has 3 N–H and O–H groups in total. The topological polar surface area (TPSA) is 69.6 Å². The molecule has 4 heteroatoms. The van der Waals surface area contributed by atoms with Gasteiger partial charge in [-0.15, -0.1) is 0 Å². The summed E-state index contributed by atoms with van der Waals surface area (Å²) < 4.78 is 0. The lowest BCUT2D eigenvalue weighted by Gasteiger charge is -2.09. The van der Waals surface area contributed by atoms with Crippen molar-refractivity contribution < 1.29 is 15.0 Å². The minimum Gasteiger partial charge on any atom is -0.508 e. The lowest BCUT2D eigenvalue weighted by Crippen LogP contribution is -2.30. The molecule has 0 saturated carbocycles. The maximum absolute atomic E-state index is 11.5. The van der Waals surface area contributed by atoms with Crippen LogP contribution in [0.25, 0.3) is 0 Å². The molecule has 1 unspecified atom stereocenters. The van der Waals surface area contributed by atoms with Gasteiger partial charge in [-0.05, 0) is 23.6 Å². The molecule has 0 heterocycles. The minimum absolute atomic E-state index is 0.0619. The summed E-state index contributed by atoms with van der Waals surface area (Å²) in [7, 11) is 0. The molecule has 16 heavy (non-hydrogen) atoms. The van der Waals surface area contributed by atoms with Crippen molar-refractivity contribution in [3.63, 3.8) is 0 Å². The van der Waals surface area contributed by atoms with Gasteiger partial charge in [-0.1, -0.05) is 19.1 Å². The molecule has 0 aliphatic heterocycles.